The lowest BCUT2D eigenvalue weighted by Crippen LogP contribution is -2.48. The molecule has 1 aromatic carbocycles. The summed E-state index contributed by atoms with van der Waals surface area (Å²) in [5.41, 5.74) is 1.60. The number of likely N-dealkylation sites (N-methyl/N-ethyl adjacent to an activating group) is 1. The third-order valence-electron chi connectivity index (χ3n) is 4.63. The van der Waals surface area contributed by atoms with E-state index in [4.69, 9.17) is 0 Å². The Morgan fingerprint density at radius 3 is 2.56 bits per heavy atom. The zero-order chi connectivity index (χ0) is 17.6. The number of amides is 1. The largest absolute Gasteiger partial charge is 0.348 e. The zero-order valence-corrected chi connectivity index (χ0v) is 14.9. The molecular formula is C19H25N5O. The maximum atomic E-state index is 12.7. The van der Waals surface area contributed by atoms with E-state index in [0.29, 0.717) is 11.6 Å². The number of benzene rings is 1. The summed E-state index contributed by atoms with van der Waals surface area (Å²) in [6, 6.07) is 11.9. The highest BCUT2D eigenvalue weighted by atomic mass is 16.2. The van der Waals surface area contributed by atoms with Gasteiger partial charge in [0.15, 0.2) is 0 Å². The van der Waals surface area contributed by atoms with E-state index in [2.05, 4.69) is 46.2 Å². The summed E-state index contributed by atoms with van der Waals surface area (Å²) in [5, 5.41) is 3.27. The summed E-state index contributed by atoms with van der Waals surface area (Å²) in [6.07, 6.45) is 1.64. The van der Waals surface area contributed by atoms with E-state index < -0.39 is 0 Å². The van der Waals surface area contributed by atoms with Crippen LogP contribution in [0.15, 0.2) is 42.6 Å². The van der Waals surface area contributed by atoms with Crippen LogP contribution in [0.3, 0.4) is 0 Å². The van der Waals surface area contributed by atoms with Crippen molar-refractivity contribution in [3.8, 4) is 0 Å². The zero-order valence-electron chi connectivity index (χ0n) is 14.9. The summed E-state index contributed by atoms with van der Waals surface area (Å²) in [7, 11) is 0. The number of anilines is 1. The molecule has 0 saturated carbocycles. The van der Waals surface area contributed by atoms with Crippen molar-refractivity contribution in [1.82, 2.24) is 19.8 Å². The molecule has 2 aromatic rings. The van der Waals surface area contributed by atoms with Gasteiger partial charge in [0, 0.05) is 32.4 Å². The number of hydrogen-bond donors (Lipinski definition) is 1. The topological polar surface area (TPSA) is 61.4 Å². The molecule has 6 heteroatoms. The molecule has 1 aromatic heterocycles. The molecule has 1 atom stereocenters. The van der Waals surface area contributed by atoms with Crippen LogP contribution in [0.1, 0.15) is 35.9 Å². The van der Waals surface area contributed by atoms with Crippen LogP contribution in [0.5, 0.6) is 0 Å². The summed E-state index contributed by atoms with van der Waals surface area (Å²) in [5.74, 6) is 0.461. The predicted octanol–water partition coefficient (Wildman–Crippen LogP) is 2.43. The molecule has 1 aliphatic heterocycles. The molecule has 0 radical (unpaired) electrons. The molecular weight excluding hydrogens is 314 g/mol. The highest BCUT2D eigenvalue weighted by molar-refractivity contribution is 5.92. The molecule has 1 aliphatic rings. The number of hydrogen-bond acceptors (Lipinski definition) is 5. The van der Waals surface area contributed by atoms with Gasteiger partial charge in [-0.3, -0.25) is 4.79 Å². The Morgan fingerprint density at radius 2 is 1.88 bits per heavy atom. The van der Waals surface area contributed by atoms with Crippen molar-refractivity contribution in [2.45, 2.75) is 19.9 Å². The lowest BCUT2D eigenvalue weighted by atomic mass is 10.1. The van der Waals surface area contributed by atoms with Gasteiger partial charge in [0.2, 0.25) is 5.95 Å². The van der Waals surface area contributed by atoms with E-state index in [0.717, 1.165) is 38.3 Å². The first-order valence-corrected chi connectivity index (χ1v) is 8.83. The van der Waals surface area contributed by atoms with Crippen LogP contribution in [0, 0.1) is 0 Å². The third kappa shape index (κ3) is 4.33. The van der Waals surface area contributed by atoms with Gasteiger partial charge in [-0.05, 0) is 25.1 Å². The number of carbonyl (C=O) groups is 1. The van der Waals surface area contributed by atoms with Crippen LogP contribution in [-0.4, -0.2) is 58.4 Å². The van der Waals surface area contributed by atoms with Gasteiger partial charge in [-0.1, -0.05) is 37.3 Å². The molecule has 2 heterocycles. The number of nitrogens with zero attached hydrogens (tertiary/aromatic N) is 4. The normalized spacial score (nSPS) is 16.5. The van der Waals surface area contributed by atoms with Crippen molar-refractivity contribution >= 4 is 11.9 Å². The smallest absolute Gasteiger partial charge is 0.272 e. The average Bonchev–Trinajstić information content (AvgIpc) is 2.68. The number of aromatic nitrogens is 2. The molecule has 6 nitrogen and oxygen atoms in total. The van der Waals surface area contributed by atoms with E-state index in [1.165, 1.54) is 0 Å². The second-order valence-electron chi connectivity index (χ2n) is 6.27. The molecule has 0 spiro atoms. The van der Waals surface area contributed by atoms with Crippen molar-refractivity contribution < 1.29 is 4.79 Å². The Bertz CT molecular complexity index is 698. The van der Waals surface area contributed by atoms with Crippen molar-refractivity contribution in [1.29, 1.82) is 0 Å². The first-order chi connectivity index (χ1) is 12.2. The fraction of sp³-hybridized carbons (Fsp3) is 0.421. The van der Waals surface area contributed by atoms with Gasteiger partial charge in [-0.2, -0.15) is 0 Å². The Morgan fingerprint density at radius 1 is 1.16 bits per heavy atom. The quantitative estimate of drug-likeness (QED) is 0.906. The molecule has 25 heavy (non-hydrogen) atoms. The van der Waals surface area contributed by atoms with Gasteiger partial charge < -0.3 is 15.1 Å². The minimum atomic E-state index is -0.0198. The average molecular weight is 339 g/mol. The lowest BCUT2D eigenvalue weighted by Gasteiger charge is -2.33. The summed E-state index contributed by atoms with van der Waals surface area (Å²) in [6.45, 7) is 8.57. The van der Waals surface area contributed by atoms with E-state index in [9.17, 15) is 4.79 Å². The van der Waals surface area contributed by atoms with Gasteiger partial charge in [0.1, 0.15) is 5.69 Å². The fourth-order valence-electron chi connectivity index (χ4n) is 3.00. The molecule has 1 amide bonds. The molecule has 3 rings (SSSR count). The number of nitrogens with one attached hydrogen (secondary N) is 1. The first kappa shape index (κ1) is 17.4. The molecule has 1 fully saturated rings. The van der Waals surface area contributed by atoms with Crippen LogP contribution in [-0.2, 0) is 0 Å². The molecule has 0 bridgehead atoms. The Balaban J connectivity index is 1.66. The summed E-state index contributed by atoms with van der Waals surface area (Å²) < 4.78 is 0. The Kier molecular flexibility index (Phi) is 5.60. The predicted molar refractivity (Wildman–Crippen MR) is 98.5 cm³/mol. The monoisotopic (exact) mass is 339 g/mol. The van der Waals surface area contributed by atoms with Crippen molar-refractivity contribution in [3.05, 3.63) is 53.9 Å². The molecule has 132 valence electrons. The summed E-state index contributed by atoms with van der Waals surface area (Å²) >= 11 is 0. The maximum absolute atomic E-state index is 12.7. The standard InChI is InChI=1S/C19H25N5O/c1-3-23-11-13-24(14-12-23)18(25)17-9-10-20-19(22-17)21-15(2)16-7-5-4-6-8-16/h4-10,15H,3,11-14H2,1-2H3,(H,20,21,22). The van der Waals surface area contributed by atoms with E-state index in [1.807, 2.05) is 23.1 Å². The van der Waals surface area contributed by atoms with Gasteiger partial charge in [0.25, 0.3) is 5.91 Å². The number of rotatable bonds is 5. The van der Waals surface area contributed by atoms with Gasteiger partial charge in [-0.25, -0.2) is 9.97 Å². The van der Waals surface area contributed by atoms with Crippen LogP contribution >= 0.6 is 0 Å². The van der Waals surface area contributed by atoms with Crippen LogP contribution in [0.2, 0.25) is 0 Å². The number of piperazine rings is 1. The molecule has 1 unspecified atom stereocenters. The highest BCUT2D eigenvalue weighted by Gasteiger charge is 2.22. The minimum absolute atomic E-state index is 0.0198. The van der Waals surface area contributed by atoms with E-state index in [1.54, 1.807) is 12.3 Å². The third-order valence-corrected chi connectivity index (χ3v) is 4.63. The highest BCUT2D eigenvalue weighted by Crippen LogP contribution is 2.16. The SMILES string of the molecule is CCN1CCN(C(=O)c2ccnc(NC(C)c3ccccc3)n2)CC1. The first-order valence-electron chi connectivity index (χ1n) is 8.83. The number of carbonyl (C=O) groups excluding carboxylic acids is 1. The molecule has 1 saturated heterocycles. The van der Waals surface area contributed by atoms with Crippen molar-refractivity contribution in [2.24, 2.45) is 0 Å². The lowest BCUT2D eigenvalue weighted by molar-refractivity contribution is 0.0637. The van der Waals surface area contributed by atoms with Gasteiger partial charge >= 0.3 is 0 Å². The minimum Gasteiger partial charge on any atom is -0.348 e. The van der Waals surface area contributed by atoms with Gasteiger partial charge in [0.05, 0.1) is 6.04 Å². The Labute approximate surface area is 148 Å². The van der Waals surface area contributed by atoms with Crippen molar-refractivity contribution in [3.63, 3.8) is 0 Å². The maximum Gasteiger partial charge on any atom is 0.272 e. The second-order valence-corrected chi connectivity index (χ2v) is 6.27. The molecule has 1 N–H and O–H groups in total. The summed E-state index contributed by atoms with van der Waals surface area (Å²) in [4.78, 5) is 25.6. The van der Waals surface area contributed by atoms with Gasteiger partial charge in [-0.15, -0.1) is 0 Å². The van der Waals surface area contributed by atoms with E-state index in [-0.39, 0.29) is 11.9 Å². The van der Waals surface area contributed by atoms with Crippen LogP contribution in [0.4, 0.5) is 5.95 Å². The Hall–Kier alpha value is -2.47. The fourth-order valence-corrected chi connectivity index (χ4v) is 3.00. The van der Waals surface area contributed by atoms with E-state index >= 15 is 0 Å². The molecule has 0 aliphatic carbocycles. The second kappa shape index (κ2) is 8.07. The van der Waals surface area contributed by atoms with Crippen LogP contribution < -0.4 is 5.32 Å². The van der Waals surface area contributed by atoms with Crippen LogP contribution in [0.25, 0.3) is 0 Å². The van der Waals surface area contributed by atoms with Crippen molar-refractivity contribution in [2.75, 3.05) is 38.0 Å².